The summed E-state index contributed by atoms with van der Waals surface area (Å²) in [6.45, 7) is -0.308. The van der Waals surface area contributed by atoms with E-state index in [1.165, 1.54) is 49.6 Å². The summed E-state index contributed by atoms with van der Waals surface area (Å²) in [6.07, 6.45) is 1.51. The molecule has 1 fully saturated rings. The number of aromatic carboxylic acids is 1. The molecule has 0 aliphatic carbocycles. The zero-order valence-corrected chi connectivity index (χ0v) is 20.8. The van der Waals surface area contributed by atoms with E-state index in [1.54, 1.807) is 30.3 Å². The third kappa shape index (κ3) is 6.37. The van der Waals surface area contributed by atoms with Crippen molar-refractivity contribution in [2.24, 2.45) is 0 Å². The van der Waals surface area contributed by atoms with Gasteiger partial charge in [-0.15, -0.1) is 0 Å². The average molecular weight is 537 g/mol. The largest absolute Gasteiger partial charge is 0.493 e. The minimum absolute atomic E-state index is 0.138. The lowest BCUT2D eigenvalue weighted by Gasteiger charge is -2.13. The molecule has 3 aromatic rings. The Kier molecular flexibility index (Phi) is 8.07. The maximum atomic E-state index is 13.0. The van der Waals surface area contributed by atoms with E-state index in [2.05, 4.69) is 5.32 Å². The fraction of sp³-hybridized carbons (Fsp3) is 0.111. The molecule has 194 valence electrons. The van der Waals surface area contributed by atoms with E-state index in [0.717, 1.165) is 10.5 Å². The minimum atomic E-state index is -1.01. The van der Waals surface area contributed by atoms with Crippen molar-refractivity contribution in [3.05, 3.63) is 94.1 Å². The van der Waals surface area contributed by atoms with Gasteiger partial charge in [-0.2, -0.15) is 0 Å². The molecule has 9 nitrogen and oxygen atoms in total. The van der Waals surface area contributed by atoms with Crippen LogP contribution in [0.1, 0.15) is 21.5 Å². The third-order valence-corrected chi connectivity index (χ3v) is 6.29. The fourth-order valence-corrected chi connectivity index (χ4v) is 4.30. The van der Waals surface area contributed by atoms with Crippen LogP contribution >= 0.6 is 11.8 Å². The van der Waals surface area contributed by atoms with Crippen molar-refractivity contribution < 1.29 is 38.1 Å². The van der Waals surface area contributed by atoms with Crippen molar-refractivity contribution >= 4 is 46.5 Å². The summed E-state index contributed by atoms with van der Waals surface area (Å²) in [6, 6.07) is 16.4. The fourth-order valence-electron chi connectivity index (χ4n) is 3.46. The number of nitrogens with one attached hydrogen (secondary N) is 1. The first-order valence-electron chi connectivity index (χ1n) is 11.2. The van der Waals surface area contributed by atoms with Gasteiger partial charge in [-0.25, -0.2) is 9.18 Å². The number of imide groups is 1. The van der Waals surface area contributed by atoms with Crippen LogP contribution in [-0.2, 0) is 16.2 Å². The summed E-state index contributed by atoms with van der Waals surface area (Å²) in [5.74, 6) is -1.86. The van der Waals surface area contributed by atoms with Gasteiger partial charge in [0.25, 0.3) is 11.1 Å². The van der Waals surface area contributed by atoms with Crippen LogP contribution in [0.5, 0.6) is 11.5 Å². The van der Waals surface area contributed by atoms with Crippen molar-refractivity contribution in [2.45, 2.75) is 6.61 Å². The predicted molar refractivity (Wildman–Crippen MR) is 138 cm³/mol. The van der Waals surface area contributed by atoms with Crippen LogP contribution in [0.2, 0.25) is 0 Å². The molecular weight excluding hydrogens is 515 g/mol. The van der Waals surface area contributed by atoms with E-state index in [4.69, 9.17) is 14.6 Å². The first kappa shape index (κ1) is 26.4. The van der Waals surface area contributed by atoms with Gasteiger partial charge >= 0.3 is 5.97 Å². The van der Waals surface area contributed by atoms with Gasteiger partial charge in [0.1, 0.15) is 19.0 Å². The first-order chi connectivity index (χ1) is 18.2. The van der Waals surface area contributed by atoms with Crippen LogP contribution in [0.15, 0.2) is 71.6 Å². The highest BCUT2D eigenvalue weighted by molar-refractivity contribution is 8.18. The molecular formula is C27H21FN2O7S. The van der Waals surface area contributed by atoms with E-state index in [1.807, 2.05) is 0 Å². The Labute approximate surface area is 220 Å². The Hall–Kier alpha value is -4.64. The number of anilines is 1. The number of carbonyl (C=O) groups excluding carboxylic acids is 3. The van der Waals surface area contributed by atoms with E-state index in [-0.39, 0.29) is 17.1 Å². The number of thioether (sulfide) groups is 1. The Morgan fingerprint density at radius 2 is 1.74 bits per heavy atom. The zero-order valence-electron chi connectivity index (χ0n) is 20.0. The van der Waals surface area contributed by atoms with Crippen LogP contribution in [0.3, 0.4) is 0 Å². The lowest BCUT2D eigenvalue weighted by Crippen LogP contribution is -2.36. The van der Waals surface area contributed by atoms with Gasteiger partial charge in [-0.3, -0.25) is 19.3 Å². The van der Waals surface area contributed by atoms with Gasteiger partial charge < -0.3 is 19.9 Å². The standard InChI is InChI=1S/C27H21FN2O7S/c1-36-22-12-17(4-11-21(22)37-15-16-2-5-18(6-3-16)26(33)34)13-23-25(32)30(27(35)38-23)14-24(31)29-20-9-7-19(28)8-10-20/h2-13H,14-15H2,1H3,(H,29,31)(H,33,34)/b23-13-. The number of rotatable bonds is 9. The highest BCUT2D eigenvalue weighted by Gasteiger charge is 2.36. The Morgan fingerprint density at radius 3 is 2.39 bits per heavy atom. The number of ether oxygens (including phenoxy) is 2. The molecule has 0 bridgehead atoms. The van der Waals surface area contributed by atoms with Crippen LogP contribution in [0, 0.1) is 5.82 Å². The number of hydrogen-bond donors (Lipinski definition) is 2. The first-order valence-corrected chi connectivity index (χ1v) is 12.0. The Bertz CT molecular complexity index is 1420. The number of halogens is 1. The normalized spacial score (nSPS) is 14.1. The number of carbonyl (C=O) groups is 4. The molecule has 11 heteroatoms. The smallest absolute Gasteiger partial charge is 0.335 e. The van der Waals surface area contributed by atoms with Crippen molar-refractivity contribution in [3.8, 4) is 11.5 Å². The molecule has 0 atom stereocenters. The van der Waals surface area contributed by atoms with Crippen LogP contribution in [0.4, 0.5) is 14.9 Å². The van der Waals surface area contributed by atoms with E-state index in [0.29, 0.717) is 34.5 Å². The maximum absolute atomic E-state index is 13.0. The molecule has 0 unspecified atom stereocenters. The molecule has 38 heavy (non-hydrogen) atoms. The molecule has 1 heterocycles. The molecule has 1 aliphatic heterocycles. The van der Waals surface area contributed by atoms with Gasteiger partial charge in [0.2, 0.25) is 5.91 Å². The van der Waals surface area contributed by atoms with Gasteiger partial charge in [0.15, 0.2) is 11.5 Å². The van der Waals surface area contributed by atoms with Crippen LogP contribution in [0.25, 0.3) is 6.08 Å². The van der Waals surface area contributed by atoms with E-state index in [9.17, 15) is 23.6 Å². The highest BCUT2D eigenvalue weighted by Crippen LogP contribution is 2.34. The Balaban J connectivity index is 1.41. The molecule has 0 radical (unpaired) electrons. The van der Waals surface area contributed by atoms with Crippen molar-refractivity contribution in [3.63, 3.8) is 0 Å². The molecule has 3 amide bonds. The molecule has 4 rings (SSSR count). The highest BCUT2D eigenvalue weighted by atomic mass is 32.2. The SMILES string of the molecule is COc1cc(/C=C2\SC(=O)N(CC(=O)Nc3ccc(F)cc3)C2=O)ccc1OCc1ccc(C(=O)O)cc1. The summed E-state index contributed by atoms with van der Waals surface area (Å²) in [5.41, 5.74) is 1.85. The van der Waals surface area contributed by atoms with Crippen LogP contribution in [-0.4, -0.2) is 46.7 Å². The molecule has 0 aromatic heterocycles. The number of carboxylic acid groups (broad SMARTS) is 1. The summed E-state index contributed by atoms with van der Waals surface area (Å²) < 4.78 is 24.2. The molecule has 0 spiro atoms. The monoisotopic (exact) mass is 536 g/mol. The number of benzene rings is 3. The van der Waals surface area contributed by atoms with Gasteiger partial charge in [-0.05, 0) is 77.5 Å². The molecule has 0 saturated carbocycles. The van der Waals surface area contributed by atoms with Crippen molar-refractivity contribution in [2.75, 3.05) is 19.0 Å². The van der Waals surface area contributed by atoms with Gasteiger partial charge in [0.05, 0.1) is 17.6 Å². The zero-order chi connectivity index (χ0) is 27.2. The number of carboxylic acids is 1. The summed E-state index contributed by atoms with van der Waals surface area (Å²) in [4.78, 5) is 49.4. The predicted octanol–water partition coefficient (Wildman–Crippen LogP) is 4.79. The molecule has 1 saturated heterocycles. The lowest BCUT2D eigenvalue weighted by atomic mass is 10.1. The second kappa shape index (κ2) is 11.6. The minimum Gasteiger partial charge on any atom is -0.493 e. The lowest BCUT2D eigenvalue weighted by molar-refractivity contribution is -0.127. The van der Waals surface area contributed by atoms with E-state index >= 15 is 0 Å². The quantitative estimate of drug-likeness (QED) is 0.375. The maximum Gasteiger partial charge on any atom is 0.335 e. The second-order valence-electron chi connectivity index (χ2n) is 8.02. The van der Waals surface area contributed by atoms with Crippen molar-refractivity contribution in [1.29, 1.82) is 0 Å². The number of nitrogens with zero attached hydrogens (tertiary/aromatic N) is 1. The topological polar surface area (TPSA) is 122 Å². The molecule has 3 aromatic carbocycles. The van der Waals surface area contributed by atoms with Gasteiger partial charge in [0, 0.05) is 5.69 Å². The number of methoxy groups -OCH3 is 1. The molecule has 1 aliphatic rings. The summed E-state index contributed by atoms with van der Waals surface area (Å²) in [7, 11) is 1.46. The summed E-state index contributed by atoms with van der Waals surface area (Å²) in [5, 5.41) is 10.9. The van der Waals surface area contributed by atoms with Gasteiger partial charge in [-0.1, -0.05) is 18.2 Å². The van der Waals surface area contributed by atoms with Crippen LogP contribution < -0.4 is 14.8 Å². The van der Waals surface area contributed by atoms with Crippen molar-refractivity contribution in [1.82, 2.24) is 4.90 Å². The average Bonchev–Trinajstić information content (AvgIpc) is 3.16. The second-order valence-corrected chi connectivity index (χ2v) is 9.02. The number of amides is 3. The molecule has 2 N–H and O–H groups in total. The Morgan fingerprint density at radius 1 is 1.03 bits per heavy atom. The van der Waals surface area contributed by atoms with E-state index < -0.39 is 35.4 Å². The number of hydrogen-bond acceptors (Lipinski definition) is 7. The summed E-state index contributed by atoms with van der Waals surface area (Å²) >= 11 is 0.710. The third-order valence-electron chi connectivity index (χ3n) is 5.38.